The average Bonchev–Trinajstić information content (AvgIpc) is 2.65. The van der Waals surface area contributed by atoms with Gasteiger partial charge in [-0.1, -0.05) is 62.4 Å². The van der Waals surface area contributed by atoms with Crippen LogP contribution >= 0.6 is 0 Å². The number of benzene rings is 2. The Labute approximate surface area is 146 Å². The van der Waals surface area contributed by atoms with Crippen molar-refractivity contribution in [2.75, 3.05) is 0 Å². The third-order valence-corrected chi connectivity index (χ3v) is 4.84. The van der Waals surface area contributed by atoms with E-state index >= 15 is 0 Å². The number of carbonyl (C=O) groups excluding carboxylic acids is 1. The Morgan fingerprint density at radius 2 is 1.68 bits per heavy atom. The van der Waals surface area contributed by atoms with Gasteiger partial charge in [-0.05, 0) is 30.0 Å². The lowest BCUT2D eigenvalue weighted by Gasteiger charge is -2.20. The van der Waals surface area contributed by atoms with Crippen molar-refractivity contribution in [3.8, 4) is 16.9 Å². The molecule has 0 unspecified atom stereocenters. The summed E-state index contributed by atoms with van der Waals surface area (Å²) in [4.78, 5) is 12.0. The highest BCUT2D eigenvalue weighted by Crippen LogP contribution is 2.31. The van der Waals surface area contributed by atoms with E-state index in [2.05, 4.69) is 0 Å². The average molecular weight is 344 g/mol. The summed E-state index contributed by atoms with van der Waals surface area (Å²) in [6, 6.07) is 11.5. The second-order valence-electron chi connectivity index (χ2n) is 6.62. The van der Waals surface area contributed by atoms with E-state index in [0.29, 0.717) is 11.5 Å². The fourth-order valence-corrected chi connectivity index (χ4v) is 3.42. The van der Waals surface area contributed by atoms with E-state index < -0.39 is 17.6 Å². The van der Waals surface area contributed by atoms with Gasteiger partial charge in [0.25, 0.3) is 0 Å². The first-order valence-electron chi connectivity index (χ1n) is 8.89. The van der Waals surface area contributed by atoms with Crippen LogP contribution in [-0.2, 0) is 4.79 Å². The summed E-state index contributed by atoms with van der Waals surface area (Å²) >= 11 is 0. The molecular weight excluding hydrogens is 322 g/mol. The minimum Gasteiger partial charge on any atom is -0.423 e. The maximum atomic E-state index is 14.3. The number of esters is 1. The Morgan fingerprint density at radius 3 is 2.40 bits per heavy atom. The molecule has 0 saturated heterocycles. The summed E-state index contributed by atoms with van der Waals surface area (Å²) < 4.78 is 33.6. The highest BCUT2D eigenvalue weighted by Gasteiger charge is 2.19. The van der Waals surface area contributed by atoms with Gasteiger partial charge < -0.3 is 4.74 Å². The Kier molecular flexibility index (Phi) is 5.79. The van der Waals surface area contributed by atoms with E-state index in [9.17, 15) is 13.6 Å². The lowest BCUT2D eigenvalue weighted by atomic mass is 9.86. The molecule has 4 heteroatoms. The summed E-state index contributed by atoms with van der Waals surface area (Å²) in [5.41, 5.74) is 0.731. The molecule has 1 aliphatic rings. The number of hydrogen-bond donors (Lipinski definition) is 0. The zero-order valence-electron chi connectivity index (χ0n) is 14.1. The van der Waals surface area contributed by atoms with Crippen LogP contribution in [0.25, 0.3) is 11.1 Å². The molecule has 0 N–H and O–H groups in total. The van der Waals surface area contributed by atoms with Crippen LogP contribution in [0.15, 0.2) is 42.5 Å². The molecule has 2 nitrogen and oxygen atoms in total. The molecule has 1 aliphatic carbocycles. The largest absolute Gasteiger partial charge is 0.423 e. The van der Waals surface area contributed by atoms with Crippen molar-refractivity contribution in [3.05, 3.63) is 54.1 Å². The van der Waals surface area contributed by atoms with E-state index in [0.717, 1.165) is 19.3 Å². The predicted octanol–water partition coefficient (Wildman–Crippen LogP) is 5.90. The zero-order chi connectivity index (χ0) is 17.6. The molecule has 0 spiro atoms. The highest BCUT2D eigenvalue weighted by molar-refractivity contribution is 5.73. The van der Waals surface area contributed by atoms with Crippen molar-refractivity contribution in [2.24, 2.45) is 5.92 Å². The van der Waals surface area contributed by atoms with Gasteiger partial charge in [0.15, 0.2) is 11.6 Å². The van der Waals surface area contributed by atoms with E-state index in [4.69, 9.17) is 4.74 Å². The second-order valence-corrected chi connectivity index (χ2v) is 6.62. The maximum Gasteiger partial charge on any atom is 0.311 e. The minimum absolute atomic E-state index is 0.153. The molecule has 1 saturated carbocycles. The summed E-state index contributed by atoms with van der Waals surface area (Å²) in [7, 11) is 0. The Balaban J connectivity index is 1.64. The van der Waals surface area contributed by atoms with Gasteiger partial charge in [-0.2, -0.15) is 4.39 Å². The SMILES string of the molecule is O=C(CCC1CCCCC1)Oc1ccc(-c2ccccc2)c(F)c1F. The summed E-state index contributed by atoms with van der Waals surface area (Å²) in [5.74, 6) is -2.42. The van der Waals surface area contributed by atoms with E-state index in [1.165, 1.54) is 31.4 Å². The van der Waals surface area contributed by atoms with Crippen LogP contribution in [0.3, 0.4) is 0 Å². The molecule has 0 atom stereocenters. The standard InChI is InChI=1S/C21H22F2O2/c22-20-17(16-9-5-2-6-10-16)12-13-18(21(20)23)25-19(24)14-11-15-7-3-1-4-8-15/h2,5-6,9-10,12-13,15H,1,3-4,7-8,11,14H2. The van der Waals surface area contributed by atoms with Crippen LogP contribution in [0.2, 0.25) is 0 Å². The van der Waals surface area contributed by atoms with Gasteiger partial charge in [-0.3, -0.25) is 4.79 Å². The van der Waals surface area contributed by atoms with Crippen molar-refractivity contribution < 1.29 is 18.3 Å². The molecule has 25 heavy (non-hydrogen) atoms. The molecule has 0 amide bonds. The third kappa shape index (κ3) is 4.44. The fourth-order valence-electron chi connectivity index (χ4n) is 3.42. The van der Waals surface area contributed by atoms with Crippen molar-refractivity contribution in [3.63, 3.8) is 0 Å². The molecule has 0 aromatic heterocycles. The zero-order valence-corrected chi connectivity index (χ0v) is 14.1. The molecule has 1 fully saturated rings. The van der Waals surface area contributed by atoms with Gasteiger partial charge in [0.2, 0.25) is 5.82 Å². The van der Waals surface area contributed by atoms with Crippen LogP contribution in [0.5, 0.6) is 5.75 Å². The first-order chi connectivity index (χ1) is 12.1. The van der Waals surface area contributed by atoms with Crippen molar-refractivity contribution in [1.82, 2.24) is 0 Å². The number of rotatable bonds is 5. The van der Waals surface area contributed by atoms with Gasteiger partial charge in [0, 0.05) is 12.0 Å². The highest BCUT2D eigenvalue weighted by atomic mass is 19.2. The van der Waals surface area contributed by atoms with Crippen LogP contribution in [0.1, 0.15) is 44.9 Å². The van der Waals surface area contributed by atoms with Gasteiger partial charge in [0.1, 0.15) is 0 Å². The van der Waals surface area contributed by atoms with Crippen LogP contribution < -0.4 is 4.74 Å². The monoisotopic (exact) mass is 344 g/mol. The van der Waals surface area contributed by atoms with Crippen LogP contribution in [-0.4, -0.2) is 5.97 Å². The van der Waals surface area contributed by atoms with Crippen molar-refractivity contribution >= 4 is 5.97 Å². The third-order valence-electron chi connectivity index (χ3n) is 4.84. The molecule has 0 heterocycles. The molecule has 0 radical (unpaired) electrons. The van der Waals surface area contributed by atoms with E-state index in [1.54, 1.807) is 30.3 Å². The molecule has 132 valence electrons. The van der Waals surface area contributed by atoms with Crippen LogP contribution in [0, 0.1) is 17.6 Å². The first-order valence-corrected chi connectivity index (χ1v) is 8.89. The number of hydrogen-bond acceptors (Lipinski definition) is 2. The first kappa shape index (κ1) is 17.6. The van der Waals surface area contributed by atoms with E-state index in [1.807, 2.05) is 0 Å². The van der Waals surface area contributed by atoms with Gasteiger partial charge in [-0.25, -0.2) is 4.39 Å². The molecule has 2 aromatic carbocycles. The Bertz CT molecular complexity index is 722. The predicted molar refractivity (Wildman–Crippen MR) is 93.2 cm³/mol. The summed E-state index contributed by atoms with van der Waals surface area (Å²) in [6.07, 6.45) is 6.96. The smallest absolute Gasteiger partial charge is 0.311 e. The number of halogens is 2. The van der Waals surface area contributed by atoms with Gasteiger partial charge in [-0.15, -0.1) is 0 Å². The molecule has 2 aromatic rings. The van der Waals surface area contributed by atoms with E-state index in [-0.39, 0.29) is 17.7 Å². The second kappa shape index (κ2) is 8.24. The van der Waals surface area contributed by atoms with Crippen molar-refractivity contribution in [2.45, 2.75) is 44.9 Å². The molecule has 0 aliphatic heterocycles. The maximum absolute atomic E-state index is 14.3. The fraction of sp³-hybridized carbons (Fsp3) is 0.381. The number of carbonyl (C=O) groups is 1. The summed E-state index contributed by atoms with van der Waals surface area (Å²) in [6.45, 7) is 0. The Hall–Kier alpha value is -2.23. The van der Waals surface area contributed by atoms with Gasteiger partial charge >= 0.3 is 5.97 Å². The number of ether oxygens (including phenoxy) is 1. The molecule has 3 rings (SSSR count). The van der Waals surface area contributed by atoms with Gasteiger partial charge in [0.05, 0.1) is 0 Å². The minimum atomic E-state index is -1.12. The normalized spacial score (nSPS) is 15.1. The van der Waals surface area contributed by atoms with Crippen LogP contribution in [0.4, 0.5) is 8.78 Å². The molecule has 0 bridgehead atoms. The Morgan fingerprint density at radius 1 is 0.960 bits per heavy atom. The lowest BCUT2D eigenvalue weighted by molar-refractivity contribution is -0.135. The topological polar surface area (TPSA) is 26.3 Å². The summed E-state index contributed by atoms with van der Waals surface area (Å²) in [5, 5.41) is 0. The van der Waals surface area contributed by atoms with Crippen molar-refractivity contribution in [1.29, 1.82) is 0 Å². The quantitative estimate of drug-likeness (QED) is 0.499. The lowest BCUT2D eigenvalue weighted by Crippen LogP contribution is -2.13. The molecular formula is C21H22F2O2.